The van der Waals surface area contributed by atoms with Crippen molar-refractivity contribution in [1.29, 1.82) is 0 Å². The molecule has 9 heteroatoms. The van der Waals surface area contributed by atoms with Crippen LogP contribution in [0.1, 0.15) is 43.4 Å². The fourth-order valence-electron chi connectivity index (χ4n) is 5.51. The number of allylic oxidation sites excluding steroid dienone is 1. The molecule has 6 rings (SSSR count). The third-order valence-electron chi connectivity index (χ3n) is 7.60. The van der Waals surface area contributed by atoms with Crippen molar-refractivity contribution in [2.45, 2.75) is 43.7 Å². The number of anilines is 1. The van der Waals surface area contributed by atoms with Gasteiger partial charge in [-0.15, -0.1) is 0 Å². The molecule has 4 heterocycles. The van der Waals surface area contributed by atoms with E-state index in [1.165, 1.54) is 52.2 Å². The molecule has 3 aromatic rings. The van der Waals surface area contributed by atoms with Crippen molar-refractivity contribution in [3.05, 3.63) is 63.6 Å². The first-order chi connectivity index (χ1) is 18.2. The van der Waals surface area contributed by atoms with Crippen LogP contribution in [-0.2, 0) is 6.42 Å². The standard InChI is InChI=1S/C28H34AsN5OS2/c29-34-27(35)22-19-21-8-2-1-5-17-36-26(21)25(22)31-28(34)37-18-6-12-32-13-15-33(16-14-32)24-11-10-20-7-3-4-9-23(20)30-24/h3-4,7,9-11H,1-2,5-6,8,12-19,29H2. The summed E-state index contributed by atoms with van der Waals surface area (Å²) in [7, 11) is 0. The van der Waals surface area contributed by atoms with Gasteiger partial charge in [-0.25, -0.2) is 0 Å². The summed E-state index contributed by atoms with van der Waals surface area (Å²) >= 11 is 5.03. The van der Waals surface area contributed by atoms with E-state index < -0.39 is 0 Å². The van der Waals surface area contributed by atoms with Gasteiger partial charge in [0.05, 0.1) is 5.52 Å². The van der Waals surface area contributed by atoms with Crippen LogP contribution in [0.5, 0.6) is 0 Å². The Hall–Kier alpha value is -1.73. The number of nitrogens with zero attached hydrogens (tertiary/aromatic N) is 5. The van der Waals surface area contributed by atoms with E-state index in [2.05, 4.69) is 46.2 Å². The third kappa shape index (κ3) is 5.54. The Morgan fingerprint density at radius 1 is 1.00 bits per heavy atom. The van der Waals surface area contributed by atoms with Gasteiger partial charge in [0.15, 0.2) is 0 Å². The Kier molecular flexibility index (Phi) is 7.98. The molecule has 1 unspecified atom stereocenters. The van der Waals surface area contributed by atoms with Gasteiger partial charge in [-0.2, -0.15) is 0 Å². The number of piperazine rings is 1. The Morgan fingerprint density at radius 3 is 2.76 bits per heavy atom. The average molecular weight is 596 g/mol. The van der Waals surface area contributed by atoms with Crippen molar-refractivity contribution in [1.82, 2.24) is 18.4 Å². The second-order valence-corrected chi connectivity index (χ2v) is 13.3. The van der Waals surface area contributed by atoms with Crippen LogP contribution in [-0.4, -0.2) is 79.7 Å². The zero-order valence-electron chi connectivity index (χ0n) is 21.2. The summed E-state index contributed by atoms with van der Waals surface area (Å²) in [6.07, 6.45) is 6.84. The summed E-state index contributed by atoms with van der Waals surface area (Å²) in [4.78, 5) is 29.4. The molecule has 1 aliphatic carbocycles. The average Bonchev–Trinajstić information content (AvgIpc) is 3.25. The number of para-hydroxylation sites is 1. The maximum absolute atomic E-state index is 13.2. The van der Waals surface area contributed by atoms with Crippen LogP contribution < -0.4 is 10.5 Å². The van der Waals surface area contributed by atoms with Crippen molar-refractivity contribution in [2.24, 2.45) is 0 Å². The van der Waals surface area contributed by atoms with Crippen LogP contribution >= 0.6 is 23.5 Å². The number of fused-ring (bicyclic) bond motifs is 3. The van der Waals surface area contributed by atoms with Crippen molar-refractivity contribution >= 4 is 62.2 Å². The molecule has 0 bridgehead atoms. The molecule has 37 heavy (non-hydrogen) atoms. The minimum atomic E-state index is 0.179. The van der Waals surface area contributed by atoms with Gasteiger partial charge in [0, 0.05) is 5.39 Å². The van der Waals surface area contributed by atoms with Crippen molar-refractivity contribution in [2.75, 3.05) is 49.1 Å². The molecular weight excluding hydrogens is 561 g/mol. The van der Waals surface area contributed by atoms with Crippen LogP contribution in [0.4, 0.5) is 5.82 Å². The van der Waals surface area contributed by atoms with E-state index in [-0.39, 0.29) is 5.56 Å². The van der Waals surface area contributed by atoms with E-state index in [0.29, 0.717) is 0 Å². The van der Waals surface area contributed by atoms with E-state index in [4.69, 9.17) is 9.97 Å². The van der Waals surface area contributed by atoms with E-state index in [0.717, 1.165) is 91.2 Å². The van der Waals surface area contributed by atoms with Crippen LogP contribution in [0, 0.1) is 0 Å². The first-order valence-electron chi connectivity index (χ1n) is 13.4. The quantitative estimate of drug-likeness (QED) is 0.184. The van der Waals surface area contributed by atoms with Gasteiger partial charge < -0.3 is 0 Å². The molecule has 0 saturated carbocycles. The molecule has 0 N–H and O–H groups in total. The van der Waals surface area contributed by atoms with Gasteiger partial charge in [0.2, 0.25) is 0 Å². The Bertz CT molecular complexity index is 1380. The number of hydrogen-bond donors (Lipinski definition) is 0. The molecule has 2 aliphatic heterocycles. The number of rotatable bonds is 6. The molecule has 3 aliphatic rings. The third-order valence-corrected chi connectivity index (χ3v) is 11.3. The Morgan fingerprint density at radius 2 is 1.86 bits per heavy atom. The van der Waals surface area contributed by atoms with Crippen molar-refractivity contribution in [3.8, 4) is 0 Å². The molecule has 1 atom stereocenters. The summed E-state index contributed by atoms with van der Waals surface area (Å²) in [6.45, 7) is 5.23. The zero-order valence-corrected chi connectivity index (χ0v) is 25.3. The SMILES string of the molecule is O=c1c2c(nc(SCCCN3CCN(c4ccc5ccccc5n4)CC3)n1[AsH2])C1=C(CCCCCS1)C2. The van der Waals surface area contributed by atoms with Gasteiger partial charge in [0.25, 0.3) is 0 Å². The topological polar surface area (TPSA) is 54.3 Å². The van der Waals surface area contributed by atoms with Gasteiger partial charge in [-0.1, -0.05) is 18.2 Å². The Balaban J connectivity index is 1.02. The molecule has 2 aromatic heterocycles. The van der Waals surface area contributed by atoms with Gasteiger partial charge in [0.1, 0.15) is 0 Å². The molecule has 1 fully saturated rings. The van der Waals surface area contributed by atoms with Gasteiger partial charge in [-0.3, -0.25) is 0 Å². The van der Waals surface area contributed by atoms with Gasteiger partial charge in [-0.05, 0) is 12.1 Å². The summed E-state index contributed by atoms with van der Waals surface area (Å²) in [5, 5.41) is 2.09. The van der Waals surface area contributed by atoms with E-state index in [1.807, 2.05) is 15.2 Å². The number of thioether (sulfide) groups is 2. The minimum absolute atomic E-state index is 0.179. The molecule has 1 aromatic carbocycles. The van der Waals surface area contributed by atoms with E-state index in [1.54, 1.807) is 11.8 Å². The zero-order chi connectivity index (χ0) is 25.2. The van der Waals surface area contributed by atoms with Crippen LogP contribution in [0.3, 0.4) is 0 Å². The van der Waals surface area contributed by atoms with Gasteiger partial charge >= 0.3 is 196 Å². The van der Waals surface area contributed by atoms with E-state index in [9.17, 15) is 4.79 Å². The number of pyridine rings is 1. The predicted molar refractivity (Wildman–Crippen MR) is 160 cm³/mol. The summed E-state index contributed by atoms with van der Waals surface area (Å²) in [5.41, 5.74) is 4.64. The summed E-state index contributed by atoms with van der Waals surface area (Å²) in [6, 6.07) is 12.6. The fraction of sp³-hybridized carbons (Fsp3) is 0.464. The first-order valence-corrected chi connectivity index (χ1v) is 16.4. The molecule has 6 nitrogen and oxygen atoms in total. The molecular formula is C28H34AsN5OS2. The number of aromatic nitrogens is 3. The number of hydrogen-bond acceptors (Lipinski definition) is 7. The molecule has 194 valence electrons. The van der Waals surface area contributed by atoms with Crippen LogP contribution in [0.15, 0.2) is 51.9 Å². The molecule has 1 saturated heterocycles. The number of benzene rings is 1. The van der Waals surface area contributed by atoms with Crippen molar-refractivity contribution in [3.63, 3.8) is 0 Å². The van der Waals surface area contributed by atoms with Crippen LogP contribution in [0.25, 0.3) is 15.8 Å². The monoisotopic (exact) mass is 595 g/mol. The molecule has 0 spiro atoms. The van der Waals surface area contributed by atoms with Crippen LogP contribution in [0.2, 0.25) is 0 Å². The molecule has 0 radical (unpaired) electrons. The first kappa shape index (κ1) is 25.5. The maximum atomic E-state index is 13.2. The second-order valence-electron chi connectivity index (χ2n) is 10.1. The summed E-state index contributed by atoms with van der Waals surface area (Å²) < 4.78 is 1.84. The second kappa shape index (κ2) is 11.6. The Labute approximate surface area is 236 Å². The normalized spacial score (nSPS) is 18.6. The summed E-state index contributed by atoms with van der Waals surface area (Å²) in [5.74, 6) is 3.21. The molecule has 0 amide bonds. The van der Waals surface area contributed by atoms with E-state index >= 15 is 0 Å². The predicted octanol–water partition coefficient (Wildman–Crippen LogP) is 4.07. The van der Waals surface area contributed by atoms with Crippen molar-refractivity contribution < 1.29 is 0 Å². The fourth-order valence-corrected chi connectivity index (χ4v) is 8.50.